The minimum absolute atomic E-state index is 0.00176. The van der Waals surface area contributed by atoms with Gasteiger partial charge < -0.3 is 10.0 Å². The minimum atomic E-state index is -0.933. The van der Waals surface area contributed by atoms with Crippen LogP contribution >= 0.6 is 0 Å². The lowest BCUT2D eigenvalue weighted by Crippen LogP contribution is -2.42. The molecule has 1 atom stereocenters. The number of carboxylic acid groups (broad SMARTS) is 1. The van der Waals surface area contributed by atoms with Gasteiger partial charge in [-0.1, -0.05) is 6.92 Å². The Morgan fingerprint density at radius 1 is 1.75 bits per heavy atom. The van der Waals surface area contributed by atoms with Crippen molar-refractivity contribution in [2.45, 2.75) is 19.8 Å². The molecule has 0 aromatic heterocycles. The predicted molar refractivity (Wildman–Crippen MR) is 42.6 cm³/mol. The Bertz CT molecular complexity index is 202. The van der Waals surface area contributed by atoms with Crippen molar-refractivity contribution in [3.8, 4) is 0 Å². The third kappa shape index (κ3) is 1.96. The highest BCUT2D eigenvalue weighted by Gasteiger charge is 2.25. The number of hydrogen-bond donors (Lipinski definition) is 1. The van der Waals surface area contributed by atoms with E-state index in [1.54, 1.807) is 0 Å². The molecule has 0 bridgehead atoms. The maximum atomic E-state index is 11.3. The van der Waals surface area contributed by atoms with E-state index in [1.165, 1.54) is 4.90 Å². The second-order valence-electron chi connectivity index (χ2n) is 3.20. The Hall–Kier alpha value is -1.06. The SMILES string of the molecule is CC1CCCN(CC(=O)O)C1=O. The van der Waals surface area contributed by atoms with E-state index >= 15 is 0 Å². The smallest absolute Gasteiger partial charge is 0.323 e. The summed E-state index contributed by atoms with van der Waals surface area (Å²) in [6, 6.07) is 0. The number of nitrogens with zero attached hydrogens (tertiary/aromatic N) is 1. The lowest BCUT2D eigenvalue weighted by Gasteiger charge is -2.28. The molecule has 4 nitrogen and oxygen atoms in total. The molecule has 1 fully saturated rings. The molecule has 1 aliphatic rings. The number of likely N-dealkylation sites (tertiary alicyclic amines) is 1. The number of amides is 1. The van der Waals surface area contributed by atoms with Crippen LogP contribution in [0.15, 0.2) is 0 Å². The molecule has 0 radical (unpaired) electrons. The standard InChI is InChI=1S/C8H13NO3/c1-6-3-2-4-9(8(6)12)5-7(10)11/h6H,2-5H2,1H3,(H,10,11). The monoisotopic (exact) mass is 171 g/mol. The summed E-state index contributed by atoms with van der Waals surface area (Å²) in [6.45, 7) is 2.29. The van der Waals surface area contributed by atoms with Crippen molar-refractivity contribution >= 4 is 11.9 Å². The zero-order valence-corrected chi connectivity index (χ0v) is 7.12. The van der Waals surface area contributed by atoms with E-state index in [-0.39, 0.29) is 18.4 Å². The molecule has 0 aliphatic carbocycles. The Morgan fingerprint density at radius 2 is 2.42 bits per heavy atom. The van der Waals surface area contributed by atoms with Crippen molar-refractivity contribution in [3.05, 3.63) is 0 Å². The lowest BCUT2D eigenvalue weighted by atomic mass is 9.99. The van der Waals surface area contributed by atoms with Crippen LogP contribution in [0.25, 0.3) is 0 Å². The Labute approximate surface area is 71.2 Å². The van der Waals surface area contributed by atoms with Crippen LogP contribution in [0.5, 0.6) is 0 Å². The summed E-state index contributed by atoms with van der Waals surface area (Å²) in [5.41, 5.74) is 0. The molecule has 1 amide bonds. The summed E-state index contributed by atoms with van der Waals surface area (Å²) < 4.78 is 0. The van der Waals surface area contributed by atoms with E-state index in [0.717, 1.165) is 12.8 Å². The fourth-order valence-corrected chi connectivity index (χ4v) is 1.45. The normalized spacial score (nSPS) is 24.2. The third-order valence-corrected chi connectivity index (χ3v) is 2.12. The molecule has 0 aromatic rings. The molecule has 1 heterocycles. The van der Waals surface area contributed by atoms with Crippen molar-refractivity contribution in [1.82, 2.24) is 4.90 Å². The molecule has 0 saturated carbocycles. The van der Waals surface area contributed by atoms with Crippen LogP contribution in [0.2, 0.25) is 0 Å². The van der Waals surface area contributed by atoms with Gasteiger partial charge in [0.1, 0.15) is 6.54 Å². The van der Waals surface area contributed by atoms with Gasteiger partial charge in [0.2, 0.25) is 5.91 Å². The second kappa shape index (κ2) is 3.56. The molecular formula is C8H13NO3. The van der Waals surface area contributed by atoms with Gasteiger partial charge in [-0.25, -0.2) is 0 Å². The topological polar surface area (TPSA) is 57.6 Å². The highest BCUT2D eigenvalue weighted by atomic mass is 16.4. The zero-order chi connectivity index (χ0) is 9.14. The van der Waals surface area contributed by atoms with Crippen molar-refractivity contribution in [1.29, 1.82) is 0 Å². The van der Waals surface area contributed by atoms with E-state index in [4.69, 9.17) is 5.11 Å². The minimum Gasteiger partial charge on any atom is -0.480 e. The van der Waals surface area contributed by atoms with Gasteiger partial charge in [0.25, 0.3) is 0 Å². The number of hydrogen-bond acceptors (Lipinski definition) is 2. The van der Waals surface area contributed by atoms with E-state index < -0.39 is 5.97 Å². The molecule has 0 spiro atoms. The molecule has 1 N–H and O–H groups in total. The van der Waals surface area contributed by atoms with Crippen molar-refractivity contribution in [3.63, 3.8) is 0 Å². The average molecular weight is 171 g/mol. The largest absolute Gasteiger partial charge is 0.480 e. The van der Waals surface area contributed by atoms with Crippen molar-refractivity contribution in [2.75, 3.05) is 13.1 Å². The molecule has 4 heteroatoms. The second-order valence-corrected chi connectivity index (χ2v) is 3.20. The van der Waals surface area contributed by atoms with Crippen molar-refractivity contribution in [2.24, 2.45) is 5.92 Å². The molecule has 68 valence electrons. The van der Waals surface area contributed by atoms with Gasteiger partial charge in [-0.2, -0.15) is 0 Å². The predicted octanol–water partition coefficient (Wildman–Crippen LogP) is 0.330. The van der Waals surface area contributed by atoms with E-state index in [9.17, 15) is 9.59 Å². The van der Waals surface area contributed by atoms with Gasteiger partial charge in [0.05, 0.1) is 0 Å². The van der Waals surface area contributed by atoms with Gasteiger partial charge in [-0.05, 0) is 12.8 Å². The van der Waals surface area contributed by atoms with Crippen LogP contribution in [-0.2, 0) is 9.59 Å². The first-order chi connectivity index (χ1) is 5.61. The maximum absolute atomic E-state index is 11.3. The third-order valence-electron chi connectivity index (χ3n) is 2.12. The number of piperidine rings is 1. The van der Waals surface area contributed by atoms with Gasteiger partial charge in [-0.3, -0.25) is 9.59 Å². The summed E-state index contributed by atoms with van der Waals surface area (Å²) in [6.07, 6.45) is 1.80. The number of aliphatic carboxylic acids is 1. The molecule has 1 saturated heterocycles. The highest BCUT2D eigenvalue weighted by molar-refractivity contribution is 5.83. The number of carboxylic acids is 1. The Balaban J connectivity index is 2.52. The molecule has 0 aromatic carbocycles. The average Bonchev–Trinajstić information content (AvgIpc) is 1.98. The lowest BCUT2D eigenvalue weighted by molar-refractivity contribution is -0.147. The van der Waals surface area contributed by atoms with Gasteiger partial charge in [0, 0.05) is 12.5 Å². The molecule has 1 unspecified atom stereocenters. The number of rotatable bonds is 2. The maximum Gasteiger partial charge on any atom is 0.323 e. The van der Waals surface area contributed by atoms with Crippen LogP contribution in [-0.4, -0.2) is 35.0 Å². The number of carbonyl (C=O) groups excluding carboxylic acids is 1. The number of carbonyl (C=O) groups is 2. The first-order valence-electron chi connectivity index (χ1n) is 4.12. The molecule has 1 rings (SSSR count). The zero-order valence-electron chi connectivity index (χ0n) is 7.12. The van der Waals surface area contributed by atoms with E-state index in [0.29, 0.717) is 6.54 Å². The van der Waals surface area contributed by atoms with Gasteiger partial charge in [0.15, 0.2) is 0 Å². The van der Waals surface area contributed by atoms with Gasteiger partial charge >= 0.3 is 5.97 Å². The first kappa shape index (κ1) is 9.03. The fourth-order valence-electron chi connectivity index (χ4n) is 1.45. The van der Waals surface area contributed by atoms with Crippen molar-refractivity contribution < 1.29 is 14.7 Å². The summed E-state index contributed by atoms with van der Waals surface area (Å²) in [7, 11) is 0. The summed E-state index contributed by atoms with van der Waals surface area (Å²) in [5, 5.41) is 8.48. The molecule has 1 aliphatic heterocycles. The summed E-state index contributed by atoms with van der Waals surface area (Å²) in [4.78, 5) is 23.1. The van der Waals surface area contributed by atoms with E-state index in [2.05, 4.69) is 0 Å². The Kier molecular flexibility index (Phi) is 2.68. The highest BCUT2D eigenvalue weighted by Crippen LogP contribution is 2.16. The van der Waals surface area contributed by atoms with Gasteiger partial charge in [-0.15, -0.1) is 0 Å². The van der Waals surface area contributed by atoms with Crippen LogP contribution in [0.4, 0.5) is 0 Å². The molecular weight excluding hydrogens is 158 g/mol. The summed E-state index contributed by atoms with van der Waals surface area (Å²) in [5.74, 6) is -0.959. The van der Waals surface area contributed by atoms with Crippen LogP contribution in [0.3, 0.4) is 0 Å². The van der Waals surface area contributed by atoms with E-state index in [1.807, 2.05) is 6.92 Å². The van der Waals surface area contributed by atoms with Crippen LogP contribution in [0.1, 0.15) is 19.8 Å². The summed E-state index contributed by atoms with van der Waals surface area (Å²) >= 11 is 0. The first-order valence-corrected chi connectivity index (χ1v) is 4.12. The fraction of sp³-hybridized carbons (Fsp3) is 0.750. The van der Waals surface area contributed by atoms with Crippen LogP contribution < -0.4 is 0 Å². The van der Waals surface area contributed by atoms with Crippen LogP contribution in [0, 0.1) is 5.92 Å². The molecule has 12 heavy (non-hydrogen) atoms. The quantitative estimate of drug-likeness (QED) is 0.651. The Morgan fingerprint density at radius 3 is 3.00 bits per heavy atom.